The zero-order valence-electron chi connectivity index (χ0n) is 15.9. The minimum atomic E-state index is -0.346. The van der Waals surface area contributed by atoms with Crippen molar-refractivity contribution in [2.75, 3.05) is 10.6 Å². The lowest BCUT2D eigenvalue weighted by Crippen LogP contribution is -2.19. The highest BCUT2D eigenvalue weighted by Crippen LogP contribution is 2.40. The van der Waals surface area contributed by atoms with E-state index in [-0.39, 0.29) is 17.6 Å². The third kappa shape index (κ3) is 3.73. The molecule has 0 spiro atoms. The first-order valence-corrected chi connectivity index (χ1v) is 10.2. The number of carbonyl (C=O) groups excluding carboxylic acids is 2. The van der Waals surface area contributed by atoms with Crippen molar-refractivity contribution in [2.45, 2.75) is 33.1 Å². The van der Waals surface area contributed by atoms with E-state index in [0.717, 1.165) is 36.1 Å². The van der Waals surface area contributed by atoms with Crippen molar-refractivity contribution in [1.82, 2.24) is 0 Å². The third-order valence-corrected chi connectivity index (χ3v) is 6.16. The molecule has 4 rings (SSSR count). The smallest absolute Gasteiger partial charge is 0.291 e. The maximum absolute atomic E-state index is 13.1. The van der Waals surface area contributed by atoms with Crippen LogP contribution in [-0.4, -0.2) is 11.8 Å². The molecule has 3 aromatic rings. The molecule has 28 heavy (non-hydrogen) atoms. The number of aryl methyl sites for hydroxylation is 1. The van der Waals surface area contributed by atoms with E-state index in [9.17, 15) is 9.59 Å². The molecule has 1 aliphatic rings. The molecule has 1 aromatic carbocycles. The highest BCUT2D eigenvalue weighted by Gasteiger charge is 2.29. The molecule has 6 heteroatoms. The predicted octanol–water partition coefficient (Wildman–Crippen LogP) is 5.28. The van der Waals surface area contributed by atoms with Gasteiger partial charge in [-0.15, -0.1) is 11.3 Å². The summed E-state index contributed by atoms with van der Waals surface area (Å²) in [6.45, 7) is 4.20. The summed E-state index contributed by atoms with van der Waals surface area (Å²) in [5.41, 5.74) is 3.46. The molecule has 2 aromatic heterocycles. The van der Waals surface area contributed by atoms with Crippen LogP contribution < -0.4 is 10.6 Å². The first kappa shape index (κ1) is 18.5. The van der Waals surface area contributed by atoms with Gasteiger partial charge in [0.15, 0.2) is 5.76 Å². The molecule has 1 aliphatic carbocycles. The maximum Gasteiger partial charge on any atom is 0.291 e. The minimum Gasteiger partial charge on any atom is -0.459 e. The van der Waals surface area contributed by atoms with Gasteiger partial charge < -0.3 is 15.1 Å². The van der Waals surface area contributed by atoms with Crippen molar-refractivity contribution >= 4 is 33.8 Å². The number of carbonyl (C=O) groups is 2. The highest BCUT2D eigenvalue weighted by atomic mass is 32.1. The van der Waals surface area contributed by atoms with Crippen molar-refractivity contribution < 1.29 is 14.0 Å². The van der Waals surface area contributed by atoms with E-state index in [1.807, 2.05) is 31.2 Å². The van der Waals surface area contributed by atoms with Gasteiger partial charge in [-0.25, -0.2) is 0 Å². The van der Waals surface area contributed by atoms with E-state index in [1.165, 1.54) is 22.5 Å². The molecule has 5 nitrogen and oxygen atoms in total. The van der Waals surface area contributed by atoms with Crippen LogP contribution >= 0.6 is 11.3 Å². The van der Waals surface area contributed by atoms with Crippen LogP contribution in [0.1, 0.15) is 50.3 Å². The zero-order valence-corrected chi connectivity index (χ0v) is 16.7. The Bertz CT molecular complexity index is 1020. The zero-order chi connectivity index (χ0) is 19.7. The van der Waals surface area contributed by atoms with Gasteiger partial charge in [-0.3, -0.25) is 9.59 Å². The molecule has 0 unspecified atom stereocenters. The summed E-state index contributed by atoms with van der Waals surface area (Å²) >= 11 is 1.50. The maximum atomic E-state index is 13.1. The van der Waals surface area contributed by atoms with Gasteiger partial charge in [0.2, 0.25) is 0 Å². The largest absolute Gasteiger partial charge is 0.459 e. The number of nitrogens with one attached hydrogen (secondary N) is 2. The topological polar surface area (TPSA) is 71.3 Å². The number of anilines is 2. The summed E-state index contributed by atoms with van der Waals surface area (Å²) in [5.74, 6) is 0.269. The average Bonchev–Trinajstić information content (AvgIpc) is 3.29. The second kappa shape index (κ2) is 7.64. The first-order chi connectivity index (χ1) is 13.5. The Balaban J connectivity index is 1.67. The molecule has 2 amide bonds. The average molecular weight is 394 g/mol. The minimum absolute atomic E-state index is 0.188. The Morgan fingerprint density at radius 2 is 2.00 bits per heavy atom. The molecule has 2 N–H and O–H groups in total. The van der Waals surface area contributed by atoms with Gasteiger partial charge in [0.25, 0.3) is 11.8 Å². The van der Waals surface area contributed by atoms with Gasteiger partial charge >= 0.3 is 0 Å². The van der Waals surface area contributed by atoms with Crippen LogP contribution in [-0.2, 0) is 12.8 Å². The molecule has 0 bridgehead atoms. The molecular weight excluding hydrogens is 372 g/mol. The fraction of sp³-hybridized carbons (Fsp3) is 0.273. The van der Waals surface area contributed by atoms with Crippen molar-refractivity contribution in [3.63, 3.8) is 0 Å². The quantitative estimate of drug-likeness (QED) is 0.632. The molecule has 0 aliphatic heterocycles. The monoisotopic (exact) mass is 394 g/mol. The molecule has 144 valence electrons. The van der Waals surface area contributed by atoms with Gasteiger partial charge in [0, 0.05) is 10.6 Å². The second-order valence-corrected chi connectivity index (χ2v) is 8.42. The van der Waals surface area contributed by atoms with Crippen LogP contribution in [0, 0.1) is 12.8 Å². The summed E-state index contributed by atoms with van der Waals surface area (Å²) in [7, 11) is 0. The molecular formula is C22H22N2O3S. The number of hydrogen-bond donors (Lipinski definition) is 2. The summed E-state index contributed by atoms with van der Waals surface area (Å²) in [6.07, 6.45) is 4.28. The van der Waals surface area contributed by atoms with E-state index in [1.54, 1.807) is 12.1 Å². The van der Waals surface area contributed by atoms with E-state index in [0.29, 0.717) is 16.5 Å². The van der Waals surface area contributed by atoms with E-state index in [4.69, 9.17) is 4.42 Å². The third-order valence-electron chi connectivity index (χ3n) is 4.99. The van der Waals surface area contributed by atoms with Crippen molar-refractivity contribution in [3.8, 4) is 0 Å². The second-order valence-electron chi connectivity index (χ2n) is 7.31. The lowest BCUT2D eigenvalue weighted by Gasteiger charge is -2.18. The lowest BCUT2D eigenvalue weighted by atomic mass is 9.88. The van der Waals surface area contributed by atoms with Gasteiger partial charge in [0.05, 0.1) is 11.8 Å². The van der Waals surface area contributed by atoms with Crippen molar-refractivity contribution in [3.05, 3.63) is 70.0 Å². The van der Waals surface area contributed by atoms with E-state index >= 15 is 0 Å². The highest BCUT2D eigenvalue weighted by molar-refractivity contribution is 7.17. The number of furan rings is 1. The molecule has 2 heterocycles. The predicted molar refractivity (Wildman–Crippen MR) is 111 cm³/mol. The van der Waals surface area contributed by atoms with Gasteiger partial charge in [-0.1, -0.05) is 19.1 Å². The number of fused-ring (bicyclic) bond motifs is 1. The molecule has 0 saturated carbocycles. The number of benzene rings is 1. The Morgan fingerprint density at radius 1 is 1.14 bits per heavy atom. The molecule has 0 fully saturated rings. The summed E-state index contributed by atoms with van der Waals surface area (Å²) in [4.78, 5) is 26.8. The SMILES string of the molecule is Cc1cccc(NC(=O)c2c(NC(=O)c3ccco3)sc3c2CC[C@@H](C)C3)c1. The normalized spacial score (nSPS) is 15.7. The Morgan fingerprint density at radius 3 is 2.75 bits per heavy atom. The van der Waals surface area contributed by atoms with Crippen LogP contribution in [0.4, 0.5) is 10.7 Å². The summed E-state index contributed by atoms with van der Waals surface area (Å²) in [5, 5.41) is 6.46. The fourth-order valence-electron chi connectivity index (χ4n) is 3.57. The summed E-state index contributed by atoms with van der Waals surface area (Å²) in [6, 6.07) is 11.0. The van der Waals surface area contributed by atoms with Crippen LogP contribution in [0.25, 0.3) is 0 Å². The lowest BCUT2D eigenvalue weighted by molar-refractivity contribution is 0.0997. The van der Waals surface area contributed by atoms with Crippen LogP contribution in [0.5, 0.6) is 0 Å². The number of thiophene rings is 1. The van der Waals surface area contributed by atoms with Crippen LogP contribution in [0.2, 0.25) is 0 Å². The van der Waals surface area contributed by atoms with E-state index < -0.39 is 0 Å². The Hall–Kier alpha value is -2.86. The molecule has 0 saturated heterocycles. The number of hydrogen-bond acceptors (Lipinski definition) is 4. The van der Waals surface area contributed by atoms with Crippen molar-refractivity contribution in [2.24, 2.45) is 5.92 Å². The van der Waals surface area contributed by atoms with Gasteiger partial charge in [-0.2, -0.15) is 0 Å². The Kier molecular flexibility index (Phi) is 5.05. The standard InChI is InChI=1S/C22H22N2O3S/c1-13-5-3-6-15(11-13)23-21(26)19-16-9-8-14(2)12-18(16)28-22(19)24-20(25)17-7-4-10-27-17/h3-7,10-11,14H,8-9,12H2,1-2H3,(H,23,26)(H,24,25)/t14-/m1/s1. The fourth-order valence-corrected chi connectivity index (χ4v) is 4.97. The van der Waals surface area contributed by atoms with Gasteiger partial charge in [0.1, 0.15) is 5.00 Å². The van der Waals surface area contributed by atoms with Gasteiger partial charge in [-0.05, 0) is 67.5 Å². The number of amides is 2. The van der Waals surface area contributed by atoms with Crippen LogP contribution in [0.3, 0.4) is 0 Å². The number of rotatable bonds is 4. The van der Waals surface area contributed by atoms with E-state index in [2.05, 4.69) is 17.6 Å². The molecule has 1 atom stereocenters. The first-order valence-electron chi connectivity index (χ1n) is 9.38. The molecule has 0 radical (unpaired) electrons. The summed E-state index contributed by atoms with van der Waals surface area (Å²) < 4.78 is 5.19. The Labute approximate surface area is 167 Å². The van der Waals surface area contributed by atoms with Crippen molar-refractivity contribution in [1.29, 1.82) is 0 Å². The van der Waals surface area contributed by atoms with Crippen LogP contribution in [0.15, 0.2) is 47.1 Å².